The second-order valence-electron chi connectivity index (χ2n) is 2.70. The smallest absolute Gasteiger partial charge is 0.216 e. The zero-order chi connectivity index (χ0) is 8.65. The fourth-order valence-corrected chi connectivity index (χ4v) is 1.04. The van der Waals surface area contributed by atoms with Gasteiger partial charge in [0.05, 0.1) is 6.61 Å². The number of nitrogens with zero attached hydrogens (tertiary/aromatic N) is 2. The van der Waals surface area contributed by atoms with Crippen LogP contribution in [0.25, 0.3) is 0 Å². The number of hydrogen-bond acceptors (Lipinski definition) is 3. The lowest BCUT2D eigenvalue weighted by Gasteiger charge is -1.94. The molecule has 0 N–H and O–H groups in total. The van der Waals surface area contributed by atoms with Crippen molar-refractivity contribution in [3.05, 3.63) is 12.3 Å². The average Bonchev–Trinajstić information content (AvgIpc) is 2.57. The van der Waals surface area contributed by atoms with Crippen LogP contribution >= 0.6 is 0 Å². The molecule has 0 fully saturated rings. The Balaban J connectivity index is 1.96. The van der Waals surface area contributed by atoms with Crippen molar-refractivity contribution >= 4 is 0 Å². The molecule has 4 heteroatoms. The Hall–Kier alpha value is -0.900. The van der Waals surface area contributed by atoms with Crippen LogP contribution < -0.4 is 0 Å². The third-order valence-electron chi connectivity index (χ3n) is 1.69. The summed E-state index contributed by atoms with van der Waals surface area (Å²) < 4.78 is 4.96. The minimum absolute atomic E-state index is 0.0422. The molecule has 0 unspecified atom stereocenters. The molecular formula is C8H13N2O2. The van der Waals surface area contributed by atoms with E-state index in [1.54, 1.807) is 0 Å². The third-order valence-corrected chi connectivity index (χ3v) is 1.69. The van der Waals surface area contributed by atoms with Gasteiger partial charge in [-0.05, 0) is 12.8 Å². The first-order valence-electron chi connectivity index (χ1n) is 4.26. The van der Waals surface area contributed by atoms with Crippen LogP contribution in [-0.2, 0) is 11.5 Å². The van der Waals surface area contributed by atoms with Gasteiger partial charge in [0.25, 0.3) is 0 Å². The first kappa shape index (κ1) is 9.19. The minimum atomic E-state index is 0.0422. The molecule has 0 aliphatic rings. The maximum absolute atomic E-state index is 10.1. The maximum Gasteiger partial charge on any atom is 0.216 e. The summed E-state index contributed by atoms with van der Waals surface area (Å²) >= 11 is 0. The van der Waals surface area contributed by atoms with E-state index in [2.05, 4.69) is 10.2 Å². The lowest BCUT2D eigenvalue weighted by Crippen LogP contribution is -1.87. The van der Waals surface area contributed by atoms with Gasteiger partial charge in [-0.1, -0.05) is 12.8 Å². The number of aryl methyl sites for hydroxylation is 1. The average molecular weight is 169 g/mol. The number of hydrogen-bond donors (Lipinski definition) is 0. The molecule has 4 nitrogen and oxygen atoms in total. The fourth-order valence-electron chi connectivity index (χ4n) is 1.04. The van der Waals surface area contributed by atoms with E-state index in [-0.39, 0.29) is 6.61 Å². The number of aromatic nitrogens is 2. The minimum Gasteiger partial charge on any atom is -0.428 e. The molecular weight excluding hydrogens is 156 g/mol. The molecule has 0 amide bonds. The summed E-state index contributed by atoms with van der Waals surface area (Å²) in [5.74, 6) is 0.692. The molecule has 1 aromatic heterocycles. The van der Waals surface area contributed by atoms with Crippen LogP contribution in [0.15, 0.2) is 10.8 Å². The Morgan fingerprint density at radius 1 is 1.25 bits per heavy atom. The zero-order valence-electron chi connectivity index (χ0n) is 7.03. The van der Waals surface area contributed by atoms with Crippen LogP contribution in [0.4, 0.5) is 0 Å². The fraction of sp³-hybridized carbons (Fsp3) is 0.750. The van der Waals surface area contributed by atoms with Gasteiger partial charge in [-0.25, -0.2) is 5.11 Å². The van der Waals surface area contributed by atoms with E-state index in [1.807, 2.05) is 0 Å². The van der Waals surface area contributed by atoms with Crippen molar-refractivity contribution in [2.45, 2.75) is 32.1 Å². The topological polar surface area (TPSA) is 58.8 Å². The normalized spacial score (nSPS) is 10.4. The molecule has 1 rings (SSSR count). The van der Waals surface area contributed by atoms with Gasteiger partial charge in [0.2, 0.25) is 12.3 Å². The Labute approximate surface area is 71.6 Å². The highest BCUT2D eigenvalue weighted by Crippen LogP contribution is 2.04. The van der Waals surface area contributed by atoms with Crippen LogP contribution in [0, 0.1) is 0 Å². The second-order valence-corrected chi connectivity index (χ2v) is 2.70. The lowest BCUT2D eigenvalue weighted by molar-refractivity contribution is 0.186. The molecule has 0 bridgehead atoms. The highest BCUT2D eigenvalue weighted by atomic mass is 16.4. The number of rotatable bonds is 6. The molecule has 0 aliphatic carbocycles. The van der Waals surface area contributed by atoms with Gasteiger partial charge in [0.1, 0.15) is 0 Å². The van der Waals surface area contributed by atoms with E-state index >= 15 is 0 Å². The summed E-state index contributed by atoms with van der Waals surface area (Å²) in [6.07, 6.45) is 6.07. The third kappa shape index (κ3) is 3.48. The number of unbranched alkanes of at least 4 members (excludes halogenated alkanes) is 3. The molecule has 0 saturated heterocycles. The molecule has 0 saturated carbocycles. The second kappa shape index (κ2) is 5.71. The zero-order valence-corrected chi connectivity index (χ0v) is 7.03. The maximum atomic E-state index is 10.1. The van der Waals surface area contributed by atoms with E-state index in [4.69, 9.17) is 4.42 Å². The molecule has 1 radical (unpaired) electrons. The summed E-state index contributed by atoms with van der Waals surface area (Å²) in [5, 5.41) is 17.4. The van der Waals surface area contributed by atoms with E-state index in [0.717, 1.165) is 32.1 Å². The van der Waals surface area contributed by atoms with E-state index in [0.29, 0.717) is 5.89 Å². The van der Waals surface area contributed by atoms with Crippen LogP contribution in [0.2, 0.25) is 0 Å². The molecule has 0 aliphatic heterocycles. The predicted octanol–water partition coefficient (Wildman–Crippen LogP) is 1.60. The first-order valence-corrected chi connectivity index (χ1v) is 4.26. The predicted molar refractivity (Wildman–Crippen MR) is 42.0 cm³/mol. The van der Waals surface area contributed by atoms with Gasteiger partial charge >= 0.3 is 0 Å². The van der Waals surface area contributed by atoms with E-state index in [1.165, 1.54) is 6.39 Å². The highest BCUT2D eigenvalue weighted by Gasteiger charge is 1.97. The first-order chi connectivity index (χ1) is 5.93. The Bertz CT molecular complexity index is 187. The van der Waals surface area contributed by atoms with Gasteiger partial charge in [0, 0.05) is 6.42 Å². The molecule has 1 aromatic rings. The lowest BCUT2D eigenvalue weighted by atomic mass is 10.1. The van der Waals surface area contributed by atoms with Crippen molar-refractivity contribution in [1.82, 2.24) is 10.2 Å². The summed E-state index contributed by atoms with van der Waals surface area (Å²) in [6.45, 7) is 0.0422. The van der Waals surface area contributed by atoms with Crippen LogP contribution in [0.1, 0.15) is 31.6 Å². The quantitative estimate of drug-likeness (QED) is 0.608. The van der Waals surface area contributed by atoms with Gasteiger partial charge in [0.15, 0.2) is 0 Å². The highest BCUT2D eigenvalue weighted by molar-refractivity contribution is 4.71. The van der Waals surface area contributed by atoms with Crippen molar-refractivity contribution in [3.63, 3.8) is 0 Å². The molecule has 12 heavy (non-hydrogen) atoms. The molecule has 0 aromatic carbocycles. The largest absolute Gasteiger partial charge is 0.428 e. The van der Waals surface area contributed by atoms with Crippen molar-refractivity contribution in [2.75, 3.05) is 6.61 Å². The van der Waals surface area contributed by atoms with Crippen LogP contribution in [0.5, 0.6) is 0 Å². The molecule has 0 atom stereocenters. The SMILES string of the molecule is [O]CCCCCCc1nnco1. The summed E-state index contributed by atoms with van der Waals surface area (Å²) in [4.78, 5) is 0. The summed E-state index contributed by atoms with van der Waals surface area (Å²) in [6, 6.07) is 0. The van der Waals surface area contributed by atoms with Crippen LogP contribution in [-0.4, -0.2) is 16.8 Å². The monoisotopic (exact) mass is 169 g/mol. The summed E-state index contributed by atoms with van der Waals surface area (Å²) in [5.41, 5.74) is 0. The molecule has 1 heterocycles. The van der Waals surface area contributed by atoms with E-state index < -0.39 is 0 Å². The Kier molecular flexibility index (Phi) is 4.37. The van der Waals surface area contributed by atoms with Crippen molar-refractivity contribution < 1.29 is 9.52 Å². The molecule has 0 spiro atoms. The van der Waals surface area contributed by atoms with Gasteiger partial charge in [-0.15, -0.1) is 10.2 Å². The Morgan fingerprint density at radius 2 is 2.08 bits per heavy atom. The van der Waals surface area contributed by atoms with Gasteiger partial charge < -0.3 is 4.42 Å². The van der Waals surface area contributed by atoms with E-state index in [9.17, 15) is 5.11 Å². The van der Waals surface area contributed by atoms with Crippen molar-refractivity contribution in [2.24, 2.45) is 0 Å². The van der Waals surface area contributed by atoms with Gasteiger partial charge in [-0.3, -0.25) is 0 Å². The Morgan fingerprint density at radius 3 is 2.75 bits per heavy atom. The van der Waals surface area contributed by atoms with Crippen molar-refractivity contribution in [3.8, 4) is 0 Å². The standard InChI is InChI=1S/C8H13N2O2/c11-6-4-2-1-3-5-8-10-9-7-12-8/h7H,1-6H2. The molecule has 67 valence electrons. The van der Waals surface area contributed by atoms with Crippen molar-refractivity contribution in [1.29, 1.82) is 0 Å². The van der Waals surface area contributed by atoms with Gasteiger partial charge in [-0.2, -0.15) is 0 Å². The van der Waals surface area contributed by atoms with Crippen LogP contribution in [0.3, 0.4) is 0 Å². The summed E-state index contributed by atoms with van der Waals surface area (Å²) in [7, 11) is 0.